The number of aryl methyl sites for hydroxylation is 1. The van der Waals surface area contributed by atoms with Gasteiger partial charge in [0.15, 0.2) is 0 Å². The zero-order valence-electron chi connectivity index (χ0n) is 15.7. The van der Waals surface area contributed by atoms with Crippen molar-refractivity contribution in [2.45, 2.75) is 51.7 Å². The third-order valence-corrected chi connectivity index (χ3v) is 5.97. The number of nitrogens with zero attached hydrogens (tertiary/aromatic N) is 3. The molecule has 140 valence electrons. The Balaban J connectivity index is 1.74. The van der Waals surface area contributed by atoms with Crippen molar-refractivity contribution < 1.29 is 9.59 Å². The van der Waals surface area contributed by atoms with Crippen molar-refractivity contribution in [3.63, 3.8) is 0 Å². The number of amides is 2. The molecule has 26 heavy (non-hydrogen) atoms. The van der Waals surface area contributed by atoms with Gasteiger partial charge in [-0.25, -0.2) is 0 Å². The molecule has 2 amide bonds. The van der Waals surface area contributed by atoms with E-state index in [1.807, 2.05) is 66.2 Å². The van der Waals surface area contributed by atoms with E-state index in [4.69, 9.17) is 0 Å². The van der Waals surface area contributed by atoms with E-state index >= 15 is 0 Å². The second-order valence-electron chi connectivity index (χ2n) is 7.03. The van der Waals surface area contributed by atoms with Crippen molar-refractivity contribution in [2.75, 3.05) is 6.54 Å². The average molecular weight is 374 g/mol. The van der Waals surface area contributed by atoms with Crippen molar-refractivity contribution in [3.05, 3.63) is 46.4 Å². The van der Waals surface area contributed by atoms with Gasteiger partial charge in [-0.2, -0.15) is 0 Å². The molecule has 0 saturated heterocycles. The molecule has 1 atom stereocenters. The van der Waals surface area contributed by atoms with Crippen LogP contribution in [-0.2, 0) is 18.4 Å². The van der Waals surface area contributed by atoms with E-state index < -0.39 is 0 Å². The molecular weight excluding hydrogens is 346 g/mol. The third-order valence-electron chi connectivity index (χ3n) is 5.11. The summed E-state index contributed by atoms with van der Waals surface area (Å²) < 4.78 is 2.05. The summed E-state index contributed by atoms with van der Waals surface area (Å²) in [6.07, 6.45) is 4.93. The van der Waals surface area contributed by atoms with Crippen LogP contribution in [0.1, 0.15) is 48.5 Å². The molecule has 5 nitrogen and oxygen atoms in total. The molecule has 0 radical (unpaired) electrons. The SMILES string of the molecule is CCC(C)N(CC(=O)N(Cc1cccn1C)C1CC1)C(=O)c1cccs1. The predicted molar refractivity (Wildman–Crippen MR) is 104 cm³/mol. The Hall–Kier alpha value is -2.08. The molecule has 3 rings (SSSR count). The number of thiophene rings is 1. The fourth-order valence-corrected chi connectivity index (χ4v) is 3.75. The van der Waals surface area contributed by atoms with E-state index in [9.17, 15) is 9.59 Å². The van der Waals surface area contributed by atoms with E-state index in [2.05, 4.69) is 0 Å². The lowest BCUT2D eigenvalue weighted by Gasteiger charge is -2.31. The molecule has 1 aliphatic rings. The highest BCUT2D eigenvalue weighted by atomic mass is 32.1. The zero-order valence-corrected chi connectivity index (χ0v) is 16.5. The van der Waals surface area contributed by atoms with Gasteiger partial charge in [-0.3, -0.25) is 9.59 Å². The molecule has 2 aromatic rings. The summed E-state index contributed by atoms with van der Waals surface area (Å²) in [5, 5.41) is 1.90. The minimum Gasteiger partial charge on any atom is -0.353 e. The molecule has 1 saturated carbocycles. The number of hydrogen-bond donors (Lipinski definition) is 0. The van der Waals surface area contributed by atoms with Crippen molar-refractivity contribution in [2.24, 2.45) is 7.05 Å². The van der Waals surface area contributed by atoms with Gasteiger partial charge in [0.1, 0.15) is 6.54 Å². The van der Waals surface area contributed by atoms with Gasteiger partial charge in [0.05, 0.1) is 11.4 Å². The highest BCUT2D eigenvalue weighted by Gasteiger charge is 2.35. The Morgan fingerprint density at radius 2 is 2.08 bits per heavy atom. The van der Waals surface area contributed by atoms with Crippen LogP contribution in [0.3, 0.4) is 0 Å². The number of carbonyl (C=O) groups is 2. The summed E-state index contributed by atoms with van der Waals surface area (Å²) in [7, 11) is 2.00. The molecule has 1 fully saturated rings. The molecule has 0 aliphatic heterocycles. The topological polar surface area (TPSA) is 45.6 Å². The van der Waals surface area contributed by atoms with E-state index in [1.165, 1.54) is 11.3 Å². The van der Waals surface area contributed by atoms with E-state index in [1.54, 1.807) is 4.90 Å². The van der Waals surface area contributed by atoms with Crippen LogP contribution in [0.15, 0.2) is 35.8 Å². The first kappa shape index (κ1) is 18.7. The smallest absolute Gasteiger partial charge is 0.264 e. The number of hydrogen-bond acceptors (Lipinski definition) is 3. The van der Waals surface area contributed by atoms with Gasteiger partial charge >= 0.3 is 0 Å². The predicted octanol–water partition coefficient (Wildman–Crippen LogP) is 3.52. The summed E-state index contributed by atoms with van der Waals surface area (Å²) in [6.45, 7) is 4.81. The van der Waals surface area contributed by atoms with E-state index in [0.717, 1.165) is 25.0 Å². The minimum absolute atomic E-state index is 0.0321. The summed E-state index contributed by atoms with van der Waals surface area (Å²) in [4.78, 5) is 30.4. The van der Waals surface area contributed by atoms with Gasteiger partial charge in [0.2, 0.25) is 5.91 Å². The lowest BCUT2D eigenvalue weighted by atomic mass is 10.2. The Morgan fingerprint density at radius 3 is 2.62 bits per heavy atom. The van der Waals surface area contributed by atoms with E-state index in [-0.39, 0.29) is 24.4 Å². The normalized spacial score (nSPS) is 14.9. The zero-order chi connectivity index (χ0) is 18.7. The van der Waals surface area contributed by atoms with Crippen LogP contribution in [0, 0.1) is 0 Å². The highest BCUT2D eigenvalue weighted by Crippen LogP contribution is 2.29. The maximum absolute atomic E-state index is 13.1. The molecule has 1 unspecified atom stereocenters. The van der Waals surface area contributed by atoms with Crippen molar-refractivity contribution >= 4 is 23.2 Å². The molecule has 2 heterocycles. The Kier molecular flexibility index (Phi) is 5.81. The highest BCUT2D eigenvalue weighted by molar-refractivity contribution is 7.12. The maximum Gasteiger partial charge on any atom is 0.264 e. The molecule has 0 N–H and O–H groups in total. The second-order valence-corrected chi connectivity index (χ2v) is 7.98. The van der Waals surface area contributed by atoms with Gasteiger partial charge in [0, 0.05) is 31.0 Å². The molecule has 1 aliphatic carbocycles. The maximum atomic E-state index is 13.1. The van der Waals surface area contributed by atoms with Crippen LogP contribution in [0.2, 0.25) is 0 Å². The Labute approximate surface area is 159 Å². The molecule has 0 spiro atoms. The first-order chi connectivity index (χ1) is 12.5. The van der Waals surface area contributed by atoms with Crippen LogP contribution in [0.5, 0.6) is 0 Å². The molecule has 2 aromatic heterocycles. The fraction of sp³-hybridized carbons (Fsp3) is 0.500. The average Bonchev–Trinajstić information content (AvgIpc) is 3.16. The first-order valence-corrected chi connectivity index (χ1v) is 10.1. The van der Waals surface area contributed by atoms with Gasteiger partial charge in [-0.15, -0.1) is 11.3 Å². The second kappa shape index (κ2) is 8.08. The Bertz CT molecular complexity index is 749. The van der Waals surface area contributed by atoms with Gasteiger partial charge in [-0.05, 0) is 49.8 Å². The summed E-state index contributed by atoms with van der Waals surface area (Å²) in [6, 6.07) is 8.09. The number of rotatable bonds is 8. The quantitative estimate of drug-likeness (QED) is 0.711. The van der Waals surface area contributed by atoms with Gasteiger partial charge < -0.3 is 14.4 Å². The lowest BCUT2D eigenvalue weighted by molar-refractivity contribution is -0.133. The summed E-state index contributed by atoms with van der Waals surface area (Å²) >= 11 is 1.43. The standard InChI is InChI=1S/C20H27N3O2S/c1-4-15(2)22(20(25)18-8-6-12-26-18)14-19(24)23(16-9-10-16)13-17-7-5-11-21(17)3/h5-8,11-12,15-16H,4,9-10,13-14H2,1-3H3. The van der Waals surface area contributed by atoms with Gasteiger partial charge in [0.25, 0.3) is 5.91 Å². The number of carbonyl (C=O) groups excluding carboxylic acids is 2. The third kappa shape index (κ3) is 4.18. The fourth-order valence-electron chi connectivity index (χ4n) is 3.07. The largest absolute Gasteiger partial charge is 0.353 e. The summed E-state index contributed by atoms with van der Waals surface area (Å²) in [5.41, 5.74) is 1.12. The monoisotopic (exact) mass is 373 g/mol. The molecule has 6 heteroatoms. The number of aromatic nitrogens is 1. The van der Waals surface area contributed by atoms with Crippen molar-refractivity contribution in [1.82, 2.24) is 14.4 Å². The van der Waals surface area contributed by atoms with Crippen LogP contribution < -0.4 is 0 Å². The first-order valence-electron chi connectivity index (χ1n) is 9.25. The van der Waals surface area contributed by atoms with Crippen LogP contribution >= 0.6 is 11.3 Å². The van der Waals surface area contributed by atoms with Crippen LogP contribution in [0.4, 0.5) is 0 Å². The molecule has 0 bridgehead atoms. The van der Waals surface area contributed by atoms with Crippen LogP contribution in [0.25, 0.3) is 0 Å². The Morgan fingerprint density at radius 1 is 1.31 bits per heavy atom. The molecular formula is C20H27N3O2S. The summed E-state index contributed by atoms with van der Waals surface area (Å²) in [5.74, 6) is -0.00350. The molecule has 0 aromatic carbocycles. The van der Waals surface area contributed by atoms with E-state index in [0.29, 0.717) is 17.5 Å². The van der Waals surface area contributed by atoms with Gasteiger partial charge in [-0.1, -0.05) is 13.0 Å². The lowest BCUT2D eigenvalue weighted by Crippen LogP contribution is -2.47. The van der Waals surface area contributed by atoms with Crippen molar-refractivity contribution in [3.8, 4) is 0 Å². The minimum atomic E-state index is -0.0442. The van der Waals surface area contributed by atoms with Crippen molar-refractivity contribution in [1.29, 1.82) is 0 Å². The van der Waals surface area contributed by atoms with Crippen LogP contribution in [-0.4, -0.2) is 44.8 Å².